The van der Waals surface area contributed by atoms with E-state index in [-0.39, 0.29) is 5.91 Å². The van der Waals surface area contributed by atoms with Crippen molar-refractivity contribution in [2.45, 2.75) is 12.8 Å². The number of carbonyl (C=O) groups excluding carboxylic acids is 1. The van der Waals surface area contributed by atoms with Crippen LogP contribution < -0.4 is 5.32 Å². The van der Waals surface area contributed by atoms with Crippen LogP contribution in [0.15, 0.2) is 23.3 Å². The number of likely N-dealkylation sites (N-methyl/N-ethyl adjacent to an activating group) is 2. The van der Waals surface area contributed by atoms with Crippen molar-refractivity contribution in [3.05, 3.63) is 23.3 Å². The summed E-state index contributed by atoms with van der Waals surface area (Å²) < 4.78 is 0. The molecule has 0 bridgehead atoms. The van der Waals surface area contributed by atoms with E-state index in [0.29, 0.717) is 0 Å². The maximum Gasteiger partial charge on any atom is 0.246 e. The summed E-state index contributed by atoms with van der Waals surface area (Å²) in [5, 5.41) is 2.68. The lowest BCUT2D eigenvalue weighted by Gasteiger charge is -2.33. The molecular weight excluding hydrogens is 226 g/mol. The number of rotatable bonds is 3. The van der Waals surface area contributed by atoms with Gasteiger partial charge in [0.1, 0.15) is 0 Å². The second-order valence-electron chi connectivity index (χ2n) is 5.18. The van der Waals surface area contributed by atoms with Gasteiger partial charge in [0.25, 0.3) is 0 Å². The zero-order valence-electron chi connectivity index (χ0n) is 11.4. The minimum absolute atomic E-state index is 0.0601. The highest BCUT2D eigenvalue weighted by Gasteiger charge is 2.17. The van der Waals surface area contributed by atoms with Gasteiger partial charge in [0.15, 0.2) is 0 Å². The predicted octanol–water partition coefficient (Wildman–Crippen LogP) is 0.626. The van der Waals surface area contributed by atoms with E-state index < -0.39 is 0 Å². The first kappa shape index (κ1) is 13.3. The molecule has 1 N–H and O–H groups in total. The van der Waals surface area contributed by atoms with Crippen molar-refractivity contribution in [2.75, 3.05) is 46.8 Å². The van der Waals surface area contributed by atoms with Crippen molar-refractivity contribution in [1.82, 2.24) is 15.1 Å². The summed E-state index contributed by atoms with van der Waals surface area (Å²) in [6, 6.07) is 0. The third-order valence-corrected chi connectivity index (χ3v) is 3.78. The van der Waals surface area contributed by atoms with Crippen molar-refractivity contribution in [1.29, 1.82) is 0 Å². The monoisotopic (exact) mass is 249 g/mol. The Morgan fingerprint density at radius 3 is 2.50 bits per heavy atom. The molecule has 0 aromatic rings. The van der Waals surface area contributed by atoms with Crippen LogP contribution >= 0.6 is 0 Å². The Hall–Kier alpha value is -1.13. The summed E-state index contributed by atoms with van der Waals surface area (Å²) in [6.07, 6.45) is 6.00. The van der Waals surface area contributed by atoms with Crippen LogP contribution in [0.5, 0.6) is 0 Å². The van der Waals surface area contributed by atoms with Crippen LogP contribution in [0.25, 0.3) is 0 Å². The highest BCUT2D eigenvalue weighted by atomic mass is 16.1. The van der Waals surface area contributed by atoms with Crippen molar-refractivity contribution in [2.24, 2.45) is 0 Å². The Morgan fingerprint density at radius 2 is 1.94 bits per heavy atom. The fourth-order valence-electron chi connectivity index (χ4n) is 2.46. The number of amides is 1. The summed E-state index contributed by atoms with van der Waals surface area (Å²) in [5.74, 6) is 0.0601. The Balaban J connectivity index is 1.86. The first-order valence-electron chi connectivity index (χ1n) is 6.70. The molecule has 4 nitrogen and oxygen atoms in total. The van der Waals surface area contributed by atoms with Crippen molar-refractivity contribution < 1.29 is 4.79 Å². The van der Waals surface area contributed by atoms with E-state index in [1.54, 1.807) is 7.05 Å². The number of carbonyl (C=O) groups is 1. The van der Waals surface area contributed by atoms with E-state index in [0.717, 1.165) is 51.1 Å². The van der Waals surface area contributed by atoms with Crippen LogP contribution in [0.2, 0.25) is 0 Å². The van der Waals surface area contributed by atoms with Gasteiger partial charge in [-0.25, -0.2) is 0 Å². The molecule has 100 valence electrons. The zero-order valence-corrected chi connectivity index (χ0v) is 11.4. The van der Waals surface area contributed by atoms with Crippen molar-refractivity contribution in [3.63, 3.8) is 0 Å². The van der Waals surface area contributed by atoms with E-state index in [2.05, 4.69) is 28.2 Å². The van der Waals surface area contributed by atoms with Gasteiger partial charge >= 0.3 is 0 Å². The van der Waals surface area contributed by atoms with E-state index in [9.17, 15) is 4.79 Å². The smallest absolute Gasteiger partial charge is 0.246 e. The van der Waals surface area contributed by atoms with E-state index in [1.807, 2.05) is 6.08 Å². The molecule has 4 heteroatoms. The van der Waals surface area contributed by atoms with Crippen LogP contribution in [0.4, 0.5) is 0 Å². The molecule has 1 heterocycles. The lowest BCUT2D eigenvalue weighted by atomic mass is 9.97. The van der Waals surface area contributed by atoms with E-state index in [1.165, 1.54) is 5.57 Å². The molecule has 1 aliphatic carbocycles. The summed E-state index contributed by atoms with van der Waals surface area (Å²) >= 11 is 0. The van der Waals surface area contributed by atoms with Gasteiger partial charge in [-0.3, -0.25) is 9.69 Å². The normalized spacial score (nSPS) is 22.3. The molecule has 1 saturated heterocycles. The first-order chi connectivity index (χ1) is 8.69. The lowest BCUT2D eigenvalue weighted by molar-refractivity contribution is -0.117. The standard InChI is InChI=1S/C14H23N3O/c1-15-14(18)13-5-3-12(4-6-13)11-17-9-7-16(2)8-10-17/h3,5H,4,6-11H2,1-2H3,(H,15,18). The molecule has 0 aromatic heterocycles. The van der Waals surface area contributed by atoms with Crippen molar-refractivity contribution >= 4 is 5.91 Å². The maximum absolute atomic E-state index is 11.5. The van der Waals surface area contributed by atoms with Crippen LogP contribution in [0.1, 0.15) is 12.8 Å². The number of hydrogen-bond acceptors (Lipinski definition) is 3. The summed E-state index contributed by atoms with van der Waals surface area (Å²) in [6.45, 7) is 5.68. The Kier molecular flexibility index (Phi) is 4.55. The Bertz CT molecular complexity index is 365. The molecule has 0 saturated carbocycles. The zero-order chi connectivity index (χ0) is 13.0. The molecule has 0 radical (unpaired) electrons. The molecule has 2 rings (SSSR count). The second-order valence-corrected chi connectivity index (χ2v) is 5.18. The quantitative estimate of drug-likeness (QED) is 0.797. The van der Waals surface area contributed by atoms with Crippen LogP contribution in [0, 0.1) is 0 Å². The van der Waals surface area contributed by atoms with Gasteiger partial charge in [-0.2, -0.15) is 0 Å². The summed E-state index contributed by atoms with van der Waals surface area (Å²) in [7, 11) is 3.86. The molecule has 0 aromatic carbocycles. The predicted molar refractivity (Wildman–Crippen MR) is 73.4 cm³/mol. The van der Waals surface area contributed by atoms with Gasteiger partial charge in [0.2, 0.25) is 5.91 Å². The van der Waals surface area contributed by atoms with Crippen molar-refractivity contribution in [3.8, 4) is 0 Å². The van der Waals surface area contributed by atoms with Gasteiger partial charge in [0.05, 0.1) is 0 Å². The minimum Gasteiger partial charge on any atom is -0.355 e. The SMILES string of the molecule is CNC(=O)C1=CC=C(CN2CCN(C)CC2)CC1. The largest absolute Gasteiger partial charge is 0.355 e. The molecule has 2 aliphatic rings. The lowest BCUT2D eigenvalue weighted by Crippen LogP contribution is -2.45. The van der Waals surface area contributed by atoms with E-state index in [4.69, 9.17) is 0 Å². The van der Waals surface area contributed by atoms with Gasteiger partial charge in [-0.05, 0) is 19.9 Å². The Morgan fingerprint density at radius 1 is 1.22 bits per heavy atom. The van der Waals surface area contributed by atoms with Gasteiger partial charge in [-0.15, -0.1) is 0 Å². The summed E-state index contributed by atoms with van der Waals surface area (Å²) in [5.41, 5.74) is 2.35. The number of nitrogens with one attached hydrogen (secondary N) is 1. The first-order valence-corrected chi connectivity index (χ1v) is 6.70. The van der Waals surface area contributed by atoms with Gasteiger partial charge in [0, 0.05) is 45.3 Å². The Labute approximate surface area is 109 Å². The fourth-order valence-corrected chi connectivity index (χ4v) is 2.46. The third kappa shape index (κ3) is 3.43. The van der Waals surface area contributed by atoms with Crippen LogP contribution in [-0.2, 0) is 4.79 Å². The number of allylic oxidation sites excluding steroid dienone is 2. The third-order valence-electron chi connectivity index (χ3n) is 3.78. The van der Waals surface area contributed by atoms with Crippen LogP contribution in [-0.4, -0.2) is 62.5 Å². The average Bonchev–Trinajstić information content (AvgIpc) is 2.41. The summed E-state index contributed by atoms with van der Waals surface area (Å²) in [4.78, 5) is 16.3. The molecule has 0 atom stereocenters. The highest BCUT2D eigenvalue weighted by molar-refractivity contribution is 5.93. The van der Waals surface area contributed by atoms with Gasteiger partial charge < -0.3 is 10.2 Å². The molecular formula is C14H23N3O. The fraction of sp³-hybridized carbons (Fsp3) is 0.643. The molecule has 1 fully saturated rings. The average molecular weight is 249 g/mol. The minimum atomic E-state index is 0.0601. The van der Waals surface area contributed by atoms with Crippen LogP contribution in [0.3, 0.4) is 0 Å². The highest BCUT2D eigenvalue weighted by Crippen LogP contribution is 2.19. The molecule has 1 amide bonds. The van der Waals surface area contributed by atoms with Gasteiger partial charge in [-0.1, -0.05) is 17.7 Å². The topological polar surface area (TPSA) is 35.6 Å². The maximum atomic E-state index is 11.5. The second kappa shape index (κ2) is 6.16. The molecule has 18 heavy (non-hydrogen) atoms. The number of nitrogens with zero attached hydrogens (tertiary/aromatic N) is 2. The number of piperazine rings is 1. The number of hydrogen-bond donors (Lipinski definition) is 1. The molecule has 0 unspecified atom stereocenters. The van der Waals surface area contributed by atoms with E-state index >= 15 is 0 Å². The molecule has 0 spiro atoms. The molecule has 1 aliphatic heterocycles.